The van der Waals surface area contributed by atoms with Crippen LogP contribution in [0.3, 0.4) is 0 Å². The quantitative estimate of drug-likeness (QED) is 0.866. The van der Waals surface area contributed by atoms with Gasteiger partial charge in [0.2, 0.25) is 0 Å². The third-order valence-electron chi connectivity index (χ3n) is 3.35. The van der Waals surface area contributed by atoms with Crippen LogP contribution in [0.4, 0.5) is 0 Å². The molecule has 0 atom stereocenters. The first-order valence-corrected chi connectivity index (χ1v) is 6.98. The molecule has 2 aromatic carbocycles. The van der Waals surface area contributed by atoms with Crippen LogP contribution in [0, 0.1) is 0 Å². The van der Waals surface area contributed by atoms with E-state index in [9.17, 15) is 0 Å². The average Bonchev–Trinajstić information content (AvgIpc) is 3.30. The van der Waals surface area contributed by atoms with E-state index in [4.69, 9.17) is 9.47 Å². The SMILES string of the molecule is COc1cccc(Oc2cccc(CNC3CC3)c2)c1. The molecule has 104 valence electrons. The van der Waals surface area contributed by atoms with Gasteiger partial charge in [0.15, 0.2) is 0 Å². The molecule has 0 heterocycles. The first kappa shape index (κ1) is 13.0. The largest absolute Gasteiger partial charge is 0.497 e. The fourth-order valence-corrected chi connectivity index (χ4v) is 2.07. The third-order valence-corrected chi connectivity index (χ3v) is 3.35. The molecule has 3 nitrogen and oxygen atoms in total. The summed E-state index contributed by atoms with van der Waals surface area (Å²) in [7, 11) is 1.66. The van der Waals surface area contributed by atoms with E-state index in [0.29, 0.717) is 0 Å². The predicted molar refractivity (Wildman–Crippen MR) is 79.4 cm³/mol. The fraction of sp³-hybridized carbons (Fsp3) is 0.294. The van der Waals surface area contributed by atoms with Crippen molar-refractivity contribution in [1.82, 2.24) is 5.32 Å². The minimum atomic E-state index is 0.720. The van der Waals surface area contributed by atoms with E-state index in [-0.39, 0.29) is 0 Å². The highest BCUT2D eigenvalue weighted by atomic mass is 16.5. The summed E-state index contributed by atoms with van der Waals surface area (Å²) in [5.41, 5.74) is 1.25. The van der Waals surface area contributed by atoms with Crippen molar-refractivity contribution < 1.29 is 9.47 Å². The molecule has 3 heteroatoms. The van der Waals surface area contributed by atoms with E-state index in [1.807, 2.05) is 36.4 Å². The number of methoxy groups -OCH3 is 1. The van der Waals surface area contributed by atoms with Crippen molar-refractivity contribution in [2.45, 2.75) is 25.4 Å². The zero-order valence-corrected chi connectivity index (χ0v) is 11.6. The van der Waals surface area contributed by atoms with E-state index in [2.05, 4.69) is 17.4 Å². The van der Waals surface area contributed by atoms with Crippen LogP contribution < -0.4 is 14.8 Å². The highest BCUT2D eigenvalue weighted by Crippen LogP contribution is 2.26. The highest BCUT2D eigenvalue weighted by Gasteiger charge is 2.19. The molecule has 0 radical (unpaired) electrons. The third kappa shape index (κ3) is 3.52. The Bertz CT molecular complexity index is 579. The van der Waals surface area contributed by atoms with Gasteiger partial charge in [-0.15, -0.1) is 0 Å². The molecule has 1 N–H and O–H groups in total. The lowest BCUT2D eigenvalue weighted by Gasteiger charge is -2.09. The minimum Gasteiger partial charge on any atom is -0.497 e. The maximum Gasteiger partial charge on any atom is 0.131 e. The molecule has 0 spiro atoms. The number of rotatable bonds is 6. The Labute approximate surface area is 119 Å². The Morgan fingerprint density at radius 2 is 1.70 bits per heavy atom. The summed E-state index contributed by atoms with van der Waals surface area (Å²) < 4.78 is 11.1. The number of hydrogen-bond donors (Lipinski definition) is 1. The molecule has 3 rings (SSSR count). The number of ether oxygens (including phenoxy) is 2. The van der Waals surface area contributed by atoms with Crippen molar-refractivity contribution in [3.8, 4) is 17.2 Å². The Kier molecular flexibility index (Phi) is 3.88. The van der Waals surface area contributed by atoms with Gasteiger partial charge in [0.25, 0.3) is 0 Å². The van der Waals surface area contributed by atoms with E-state index in [0.717, 1.165) is 29.8 Å². The standard InChI is InChI=1S/C17H19NO2/c1-19-15-5-3-7-17(11-15)20-16-6-2-4-13(10-16)12-18-14-8-9-14/h2-7,10-11,14,18H,8-9,12H2,1H3. The Morgan fingerprint density at radius 1 is 1.00 bits per heavy atom. The molecule has 0 aliphatic heterocycles. The first-order chi connectivity index (χ1) is 9.83. The summed E-state index contributed by atoms with van der Waals surface area (Å²) in [4.78, 5) is 0. The van der Waals surface area contributed by atoms with E-state index in [1.54, 1.807) is 7.11 Å². The molecule has 20 heavy (non-hydrogen) atoms. The summed E-state index contributed by atoms with van der Waals surface area (Å²) in [6.45, 7) is 0.903. The van der Waals surface area contributed by atoms with Crippen molar-refractivity contribution >= 4 is 0 Å². The number of benzene rings is 2. The van der Waals surface area contributed by atoms with Crippen LogP contribution in [-0.4, -0.2) is 13.2 Å². The summed E-state index contributed by atoms with van der Waals surface area (Å²) in [6.07, 6.45) is 2.61. The Hall–Kier alpha value is -2.00. The molecule has 0 aromatic heterocycles. The monoisotopic (exact) mass is 269 g/mol. The van der Waals surface area contributed by atoms with Crippen molar-refractivity contribution in [1.29, 1.82) is 0 Å². The lowest BCUT2D eigenvalue weighted by Crippen LogP contribution is -2.15. The van der Waals surface area contributed by atoms with Crippen molar-refractivity contribution in [2.24, 2.45) is 0 Å². The second-order valence-corrected chi connectivity index (χ2v) is 5.08. The normalized spacial score (nSPS) is 14.1. The molecule has 0 amide bonds. The Morgan fingerprint density at radius 3 is 2.45 bits per heavy atom. The molecule has 0 unspecified atom stereocenters. The van der Waals surface area contributed by atoms with Crippen LogP contribution in [0.25, 0.3) is 0 Å². The molecule has 0 saturated heterocycles. The van der Waals surface area contributed by atoms with Gasteiger partial charge in [-0.25, -0.2) is 0 Å². The van der Waals surface area contributed by atoms with Gasteiger partial charge in [0.1, 0.15) is 17.2 Å². The van der Waals surface area contributed by atoms with E-state index < -0.39 is 0 Å². The van der Waals surface area contributed by atoms with Gasteiger partial charge in [-0.1, -0.05) is 18.2 Å². The number of hydrogen-bond acceptors (Lipinski definition) is 3. The second kappa shape index (κ2) is 5.97. The predicted octanol–water partition coefficient (Wildman–Crippen LogP) is 3.74. The van der Waals surface area contributed by atoms with Crippen LogP contribution in [0.5, 0.6) is 17.2 Å². The maximum atomic E-state index is 5.88. The second-order valence-electron chi connectivity index (χ2n) is 5.08. The smallest absolute Gasteiger partial charge is 0.131 e. The molecule has 1 aliphatic carbocycles. The van der Waals surface area contributed by atoms with Gasteiger partial charge in [0.05, 0.1) is 7.11 Å². The topological polar surface area (TPSA) is 30.5 Å². The zero-order valence-electron chi connectivity index (χ0n) is 11.6. The van der Waals surface area contributed by atoms with Crippen LogP contribution in [0.15, 0.2) is 48.5 Å². The first-order valence-electron chi connectivity index (χ1n) is 6.98. The van der Waals surface area contributed by atoms with Crippen molar-refractivity contribution in [2.75, 3.05) is 7.11 Å². The van der Waals surface area contributed by atoms with Gasteiger partial charge in [-0.3, -0.25) is 0 Å². The molecule has 2 aromatic rings. The van der Waals surface area contributed by atoms with Crippen LogP contribution in [0.1, 0.15) is 18.4 Å². The van der Waals surface area contributed by atoms with Crippen molar-refractivity contribution in [3.63, 3.8) is 0 Å². The van der Waals surface area contributed by atoms with Crippen molar-refractivity contribution in [3.05, 3.63) is 54.1 Å². The summed E-state index contributed by atoms with van der Waals surface area (Å²) in [5, 5.41) is 3.51. The molecular formula is C17H19NO2. The average molecular weight is 269 g/mol. The lowest BCUT2D eigenvalue weighted by molar-refractivity contribution is 0.409. The number of nitrogens with one attached hydrogen (secondary N) is 1. The van der Waals surface area contributed by atoms with E-state index in [1.165, 1.54) is 18.4 Å². The minimum absolute atomic E-state index is 0.720. The molecule has 1 saturated carbocycles. The van der Waals surface area contributed by atoms with Gasteiger partial charge in [-0.05, 0) is 42.7 Å². The maximum absolute atomic E-state index is 5.88. The summed E-state index contributed by atoms with van der Waals surface area (Å²) in [5.74, 6) is 2.44. The van der Waals surface area contributed by atoms with Gasteiger partial charge < -0.3 is 14.8 Å². The summed E-state index contributed by atoms with van der Waals surface area (Å²) in [6, 6.07) is 16.6. The molecular weight excluding hydrogens is 250 g/mol. The molecule has 0 bridgehead atoms. The van der Waals surface area contributed by atoms with E-state index >= 15 is 0 Å². The Balaban J connectivity index is 1.67. The van der Waals surface area contributed by atoms with Crippen LogP contribution >= 0.6 is 0 Å². The highest BCUT2D eigenvalue weighted by molar-refractivity contribution is 5.38. The van der Waals surface area contributed by atoms with Crippen LogP contribution in [0.2, 0.25) is 0 Å². The molecule has 1 fully saturated rings. The fourth-order valence-electron chi connectivity index (χ4n) is 2.07. The van der Waals surface area contributed by atoms with Crippen LogP contribution in [-0.2, 0) is 6.54 Å². The lowest BCUT2D eigenvalue weighted by atomic mass is 10.2. The zero-order chi connectivity index (χ0) is 13.8. The van der Waals surface area contributed by atoms with Gasteiger partial charge in [0, 0.05) is 18.7 Å². The van der Waals surface area contributed by atoms with Gasteiger partial charge >= 0.3 is 0 Å². The molecule has 1 aliphatic rings. The summed E-state index contributed by atoms with van der Waals surface area (Å²) >= 11 is 0. The van der Waals surface area contributed by atoms with Gasteiger partial charge in [-0.2, -0.15) is 0 Å².